The highest BCUT2D eigenvalue weighted by Crippen LogP contribution is 2.24. The lowest BCUT2D eigenvalue weighted by molar-refractivity contribution is 0.208. The first kappa shape index (κ1) is 16.5. The Kier molecular flexibility index (Phi) is 5.36. The van der Waals surface area contributed by atoms with Crippen molar-refractivity contribution in [3.8, 4) is 0 Å². The molecule has 2 aromatic rings. The molecule has 1 saturated heterocycles. The summed E-state index contributed by atoms with van der Waals surface area (Å²) in [6.45, 7) is 4.79. The maximum atomic E-state index is 6.28. The van der Waals surface area contributed by atoms with Crippen molar-refractivity contribution in [1.82, 2.24) is 14.9 Å². The van der Waals surface area contributed by atoms with Crippen LogP contribution in [0.2, 0.25) is 10.0 Å². The Bertz CT molecular complexity index is 677. The molecule has 0 amide bonds. The summed E-state index contributed by atoms with van der Waals surface area (Å²) in [5, 5.41) is 4.94. The zero-order valence-electron chi connectivity index (χ0n) is 13.1. The number of benzene rings is 1. The second-order valence-electron chi connectivity index (χ2n) is 5.98. The number of piperidine rings is 1. The van der Waals surface area contributed by atoms with Crippen molar-refractivity contribution < 1.29 is 0 Å². The molecule has 0 aliphatic carbocycles. The van der Waals surface area contributed by atoms with Gasteiger partial charge in [0.2, 0.25) is 5.95 Å². The fourth-order valence-corrected chi connectivity index (χ4v) is 3.30. The van der Waals surface area contributed by atoms with E-state index in [1.165, 1.54) is 0 Å². The Balaban J connectivity index is 1.63. The molecule has 3 rings (SSSR count). The molecule has 0 saturated carbocycles. The largest absolute Gasteiger partial charge is 0.350 e. The van der Waals surface area contributed by atoms with Crippen LogP contribution in [0.15, 0.2) is 30.5 Å². The van der Waals surface area contributed by atoms with Gasteiger partial charge in [-0.1, -0.05) is 23.2 Å². The number of aryl methyl sites for hydroxylation is 1. The molecule has 0 spiro atoms. The van der Waals surface area contributed by atoms with E-state index in [0.29, 0.717) is 12.0 Å². The molecule has 122 valence electrons. The number of nitrogens with one attached hydrogen (secondary N) is 1. The third kappa shape index (κ3) is 4.56. The zero-order valence-corrected chi connectivity index (χ0v) is 14.6. The molecule has 1 fully saturated rings. The van der Waals surface area contributed by atoms with E-state index in [4.69, 9.17) is 23.2 Å². The molecule has 1 aromatic heterocycles. The molecular weight excluding hydrogens is 331 g/mol. The van der Waals surface area contributed by atoms with Crippen LogP contribution in [0.4, 0.5) is 5.95 Å². The average molecular weight is 351 g/mol. The van der Waals surface area contributed by atoms with Gasteiger partial charge >= 0.3 is 0 Å². The van der Waals surface area contributed by atoms with E-state index in [0.717, 1.165) is 53.8 Å². The van der Waals surface area contributed by atoms with E-state index in [2.05, 4.69) is 20.2 Å². The Morgan fingerprint density at radius 2 is 2.17 bits per heavy atom. The zero-order chi connectivity index (χ0) is 16.2. The van der Waals surface area contributed by atoms with Crippen LogP contribution < -0.4 is 5.32 Å². The van der Waals surface area contributed by atoms with Crippen LogP contribution in [0.25, 0.3) is 0 Å². The van der Waals surface area contributed by atoms with Gasteiger partial charge in [0, 0.05) is 41.1 Å². The standard InChI is InChI=1S/C17H20Cl2N4/c1-12-6-7-20-17(21-12)22-15-3-2-8-23(11-15)10-13-9-14(18)4-5-16(13)19/h4-7,9,15H,2-3,8,10-11H2,1H3,(H,20,21,22). The first-order chi connectivity index (χ1) is 11.1. The molecule has 4 nitrogen and oxygen atoms in total. The minimum absolute atomic E-state index is 0.350. The number of aromatic nitrogens is 2. The van der Waals surface area contributed by atoms with Gasteiger partial charge in [0.1, 0.15) is 0 Å². The Labute approximate surface area is 146 Å². The lowest BCUT2D eigenvalue weighted by atomic mass is 10.0. The quantitative estimate of drug-likeness (QED) is 0.898. The summed E-state index contributed by atoms with van der Waals surface area (Å²) in [7, 11) is 0. The molecular formula is C17H20Cl2N4. The van der Waals surface area contributed by atoms with E-state index in [9.17, 15) is 0 Å². The number of rotatable bonds is 4. The van der Waals surface area contributed by atoms with E-state index >= 15 is 0 Å². The van der Waals surface area contributed by atoms with Crippen molar-refractivity contribution >= 4 is 29.2 Å². The normalized spacial score (nSPS) is 18.8. The number of halogens is 2. The molecule has 2 heterocycles. The minimum atomic E-state index is 0.350. The molecule has 6 heteroatoms. The third-order valence-electron chi connectivity index (χ3n) is 4.04. The van der Waals surface area contributed by atoms with Gasteiger partial charge < -0.3 is 5.32 Å². The highest BCUT2D eigenvalue weighted by Gasteiger charge is 2.21. The molecule has 1 aromatic carbocycles. The number of nitrogens with zero attached hydrogens (tertiary/aromatic N) is 3. The van der Waals surface area contributed by atoms with Crippen LogP contribution >= 0.6 is 23.2 Å². The summed E-state index contributed by atoms with van der Waals surface area (Å²) >= 11 is 12.4. The predicted molar refractivity (Wildman–Crippen MR) is 95.2 cm³/mol. The Morgan fingerprint density at radius 3 is 3.00 bits per heavy atom. The van der Waals surface area contributed by atoms with Crippen LogP contribution in [0, 0.1) is 6.92 Å². The van der Waals surface area contributed by atoms with Gasteiger partial charge in [0.05, 0.1) is 0 Å². The maximum Gasteiger partial charge on any atom is 0.223 e. The molecule has 1 aliphatic heterocycles. The summed E-state index contributed by atoms with van der Waals surface area (Å²) in [5.74, 6) is 0.706. The average Bonchev–Trinajstić information content (AvgIpc) is 2.51. The Morgan fingerprint density at radius 1 is 1.30 bits per heavy atom. The molecule has 1 N–H and O–H groups in total. The molecule has 1 atom stereocenters. The van der Waals surface area contributed by atoms with Crippen molar-refractivity contribution in [2.24, 2.45) is 0 Å². The fourth-order valence-electron chi connectivity index (χ4n) is 2.92. The second-order valence-corrected chi connectivity index (χ2v) is 6.82. The van der Waals surface area contributed by atoms with Crippen molar-refractivity contribution in [2.45, 2.75) is 32.4 Å². The molecule has 0 bridgehead atoms. The number of hydrogen-bond acceptors (Lipinski definition) is 4. The van der Waals surface area contributed by atoms with E-state index in [-0.39, 0.29) is 0 Å². The second kappa shape index (κ2) is 7.47. The lowest BCUT2D eigenvalue weighted by Crippen LogP contribution is -2.42. The van der Waals surface area contributed by atoms with E-state index < -0.39 is 0 Å². The molecule has 1 unspecified atom stereocenters. The van der Waals surface area contributed by atoms with Crippen molar-refractivity contribution in [2.75, 3.05) is 18.4 Å². The number of anilines is 1. The van der Waals surface area contributed by atoms with Gasteiger partial charge in [-0.3, -0.25) is 4.90 Å². The summed E-state index contributed by atoms with van der Waals surface area (Å²) in [4.78, 5) is 11.1. The summed E-state index contributed by atoms with van der Waals surface area (Å²) < 4.78 is 0. The van der Waals surface area contributed by atoms with Gasteiger partial charge in [-0.05, 0) is 56.1 Å². The van der Waals surface area contributed by atoms with Gasteiger partial charge in [-0.2, -0.15) is 0 Å². The number of likely N-dealkylation sites (tertiary alicyclic amines) is 1. The van der Waals surface area contributed by atoms with Gasteiger partial charge in [0.15, 0.2) is 0 Å². The predicted octanol–water partition coefficient (Wildman–Crippen LogP) is 4.17. The van der Waals surface area contributed by atoms with Crippen LogP contribution in [0.3, 0.4) is 0 Å². The maximum absolute atomic E-state index is 6.28. The summed E-state index contributed by atoms with van der Waals surface area (Å²) in [6, 6.07) is 7.88. The van der Waals surface area contributed by atoms with E-state index in [1.807, 2.05) is 31.2 Å². The van der Waals surface area contributed by atoms with Crippen LogP contribution in [0.1, 0.15) is 24.1 Å². The highest BCUT2D eigenvalue weighted by atomic mass is 35.5. The van der Waals surface area contributed by atoms with Crippen molar-refractivity contribution in [1.29, 1.82) is 0 Å². The smallest absolute Gasteiger partial charge is 0.223 e. The number of hydrogen-bond donors (Lipinski definition) is 1. The van der Waals surface area contributed by atoms with Crippen LogP contribution in [-0.4, -0.2) is 34.0 Å². The molecule has 1 aliphatic rings. The van der Waals surface area contributed by atoms with Gasteiger partial charge in [-0.25, -0.2) is 9.97 Å². The first-order valence-electron chi connectivity index (χ1n) is 7.82. The Hall–Kier alpha value is -1.36. The molecule has 0 radical (unpaired) electrons. The third-order valence-corrected chi connectivity index (χ3v) is 4.64. The lowest BCUT2D eigenvalue weighted by Gasteiger charge is -2.33. The van der Waals surface area contributed by atoms with E-state index in [1.54, 1.807) is 6.20 Å². The summed E-state index contributed by atoms with van der Waals surface area (Å²) in [5.41, 5.74) is 2.05. The molecule has 23 heavy (non-hydrogen) atoms. The fraction of sp³-hybridized carbons (Fsp3) is 0.412. The topological polar surface area (TPSA) is 41.1 Å². The van der Waals surface area contributed by atoms with Crippen molar-refractivity contribution in [3.63, 3.8) is 0 Å². The highest BCUT2D eigenvalue weighted by molar-refractivity contribution is 6.33. The SMILES string of the molecule is Cc1ccnc(NC2CCCN(Cc3cc(Cl)ccc3Cl)C2)n1. The van der Waals surface area contributed by atoms with Crippen LogP contribution in [0.5, 0.6) is 0 Å². The van der Waals surface area contributed by atoms with Gasteiger partial charge in [-0.15, -0.1) is 0 Å². The van der Waals surface area contributed by atoms with Gasteiger partial charge in [0.25, 0.3) is 0 Å². The monoisotopic (exact) mass is 350 g/mol. The van der Waals surface area contributed by atoms with Crippen LogP contribution in [-0.2, 0) is 6.54 Å². The summed E-state index contributed by atoms with van der Waals surface area (Å²) in [6.07, 6.45) is 4.05. The van der Waals surface area contributed by atoms with Crippen molar-refractivity contribution in [3.05, 3.63) is 51.8 Å². The first-order valence-corrected chi connectivity index (χ1v) is 8.58. The minimum Gasteiger partial charge on any atom is -0.350 e.